The predicted octanol–water partition coefficient (Wildman–Crippen LogP) is 1.81. The van der Waals surface area contributed by atoms with Crippen molar-refractivity contribution in [3.63, 3.8) is 0 Å². The van der Waals surface area contributed by atoms with E-state index in [1.165, 1.54) is 9.13 Å². The van der Waals surface area contributed by atoms with Gasteiger partial charge in [0, 0.05) is 13.6 Å². The van der Waals surface area contributed by atoms with E-state index < -0.39 is 0 Å². The summed E-state index contributed by atoms with van der Waals surface area (Å²) >= 11 is 0. The third kappa shape index (κ3) is 2.61. The molecule has 0 radical (unpaired) electrons. The van der Waals surface area contributed by atoms with E-state index in [-0.39, 0.29) is 23.8 Å². The second-order valence-electron chi connectivity index (χ2n) is 6.71. The average Bonchev–Trinajstić information content (AvgIpc) is 2.98. The zero-order chi connectivity index (χ0) is 19.2. The topological polar surface area (TPSA) is 77.4 Å². The van der Waals surface area contributed by atoms with Crippen molar-refractivity contribution in [2.75, 3.05) is 11.6 Å². The van der Waals surface area contributed by atoms with E-state index in [9.17, 15) is 9.59 Å². The van der Waals surface area contributed by atoms with Crippen LogP contribution in [-0.4, -0.2) is 30.9 Å². The summed E-state index contributed by atoms with van der Waals surface area (Å²) in [5.74, 6) is 0.553. The van der Waals surface area contributed by atoms with Crippen LogP contribution < -0.4 is 16.3 Å². The third-order valence-corrected chi connectivity index (χ3v) is 4.60. The Kier molecular flexibility index (Phi) is 4.43. The predicted molar refractivity (Wildman–Crippen MR) is 104 cm³/mol. The van der Waals surface area contributed by atoms with Gasteiger partial charge in [-0.1, -0.05) is 24.3 Å². The minimum absolute atomic E-state index is 0.128. The van der Waals surface area contributed by atoms with Crippen molar-refractivity contribution in [2.45, 2.75) is 40.3 Å². The summed E-state index contributed by atoms with van der Waals surface area (Å²) in [6, 6.07) is -0.128. The van der Waals surface area contributed by atoms with E-state index >= 15 is 0 Å². The maximum absolute atomic E-state index is 13.1. The Morgan fingerprint density at radius 1 is 1.35 bits per heavy atom. The van der Waals surface area contributed by atoms with Gasteiger partial charge in [-0.3, -0.25) is 18.5 Å². The molecule has 1 aliphatic heterocycles. The molecule has 0 unspecified atom stereocenters. The Hall–Kier alpha value is -2.90. The van der Waals surface area contributed by atoms with Gasteiger partial charge in [0.15, 0.2) is 11.2 Å². The molecular weight excluding hydrogens is 332 g/mol. The van der Waals surface area contributed by atoms with Gasteiger partial charge in [-0.25, -0.2) is 9.80 Å². The highest BCUT2D eigenvalue weighted by Gasteiger charge is 2.30. The van der Waals surface area contributed by atoms with Crippen LogP contribution in [0, 0.1) is 0 Å². The van der Waals surface area contributed by atoms with Gasteiger partial charge >= 0.3 is 5.69 Å². The molecule has 2 aromatic rings. The van der Waals surface area contributed by atoms with Gasteiger partial charge in [-0.2, -0.15) is 10.1 Å². The molecule has 0 aromatic carbocycles. The summed E-state index contributed by atoms with van der Waals surface area (Å²) in [7, 11) is 1.64. The Morgan fingerprint density at radius 3 is 2.65 bits per heavy atom. The van der Waals surface area contributed by atoms with Crippen molar-refractivity contribution in [1.29, 1.82) is 0 Å². The molecule has 0 aliphatic carbocycles. The lowest BCUT2D eigenvalue weighted by Crippen LogP contribution is -2.40. The highest BCUT2D eigenvalue weighted by Crippen LogP contribution is 2.29. The van der Waals surface area contributed by atoms with Gasteiger partial charge in [0.1, 0.15) is 0 Å². The molecule has 0 saturated carbocycles. The smallest absolute Gasteiger partial charge is 0.294 e. The maximum Gasteiger partial charge on any atom is 0.332 e. The minimum atomic E-state index is -0.382. The second kappa shape index (κ2) is 6.44. The molecule has 26 heavy (non-hydrogen) atoms. The first-order valence-electron chi connectivity index (χ1n) is 8.57. The minimum Gasteiger partial charge on any atom is -0.294 e. The Bertz CT molecular complexity index is 1070. The van der Waals surface area contributed by atoms with Crippen molar-refractivity contribution in [1.82, 2.24) is 18.7 Å². The molecule has 3 heterocycles. The fourth-order valence-electron chi connectivity index (χ4n) is 3.12. The van der Waals surface area contributed by atoms with Crippen LogP contribution in [0.1, 0.15) is 33.7 Å². The van der Waals surface area contributed by atoms with E-state index in [0.29, 0.717) is 23.7 Å². The molecule has 1 aliphatic rings. The lowest BCUT2D eigenvalue weighted by atomic mass is 10.2. The first kappa shape index (κ1) is 17.9. The van der Waals surface area contributed by atoms with Crippen LogP contribution in [0.15, 0.2) is 39.0 Å². The van der Waals surface area contributed by atoms with Crippen molar-refractivity contribution in [3.8, 4) is 0 Å². The SMILES string of the molecule is C=C(C)CN1N=C(C)[C@H](C)n2c1nc1c2c(=O)n(C/C=C/C)c(=O)n1C. The number of hydrogen-bond acceptors (Lipinski definition) is 5. The number of hydrazone groups is 1. The van der Waals surface area contributed by atoms with Crippen molar-refractivity contribution >= 4 is 22.8 Å². The largest absolute Gasteiger partial charge is 0.332 e. The molecule has 0 fully saturated rings. The standard InChI is InChI=1S/C18H24N6O2/c1-7-8-9-22-16(25)14-15(21(6)18(22)26)19-17-23(10-11(2)3)20-12(4)13(5)24(14)17/h7-8,13H,2,9-10H2,1,3-6H3/b8-7+/t13-/m0/s1. The summed E-state index contributed by atoms with van der Waals surface area (Å²) in [5, 5.41) is 6.33. The van der Waals surface area contributed by atoms with E-state index in [0.717, 1.165) is 11.3 Å². The quantitative estimate of drug-likeness (QED) is 0.783. The van der Waals surface area contributed by atoms with E-state index in [1.54, 1.807) is 18.1 Å². The van der Waals surface area contributed by atoms with Crippen LogP contribution in [0.5, 0.6) is 0 Å². The van der Waals surface area contributed by atoms with E-state index in [1.807, 2.05) is 38.3 Å². The number of fused-ring (bicyclic) bond motifs is 3. The fraction of sp³-hybridized carbons (Fsp3) is 0.444. The van der Waals surface area contributed by atoms with Gasteiger partial charge in [0.25, 0.3) is 5.56 Å². The lowest BCUT2D eigenvalue weighted by molar-refractivity contribution is 0.636. The summed E-state index contributed by atoms with van der Waals surface area (Å²) in [5.41, 5.74) is 1.86. The maximum atomic E-state index is 13.1. The normalized spacial score (nSPS) is 17.0. The Labute approximate surface area is 151 Å². The molecule has 138 valence electrons. The first-order chi connectivity index (χ1) is 12.3. The van der Waals surface area contributed by atoms with Gasteiger partial charge in [0.05, 0.1) is 18.3 Å². The van der Waals surface area contributed by atoms with Crippen LogP contribution in [0.3, 0.4) is 0 Å². The number of anilines is 1. The molecule has 8 heteroatoms. The molecular formula is C18H24N6O2. The van der Waals surface area contributed by atoms with Gasteiger partial charge in [-0.15, -0.1) is 0 Å². The second-order valence-corrected chi connectivity index (χ2v) is 6.71. The molecule has 2 aromatic heterocycles. The van der Waals surface area contributed by atoms with Gasteiger partial charge in [0.2, 0.25) is 5.95 Å². The molecule has 0 N–H and O–H groups in total. The first-order valence-corrected chi connectivity index (χ1v) is 8.57. The highest BCUT2D eigenvalue weighted by atomic mass is 16.2. The zero-order valence-electron chi connectivity index (χ0n) is 15.9. The van der Waals surface area contributed by atoms with Crippen LogP contribution >= 0.6 is 0 Å². The molecule has 1 atom stereocenters. The van der Waals surface area contributed by atoms with Crippen molar-refractivity contribution < 1.29 is 0 Å². The zero-order valence-corrected chi connectivity index (χ0v) is 15.9. The number of imidazole rings is 1. The number of allylic oxidation sites excluding steroid dienone is 2. The molecule has 0 bridgehead atoms. The summed E-state index contributed by atoms with van der Waals surface area (Å²) in [6.07, 6.45) is 3.60. The van der Waals surface area contributed by atoms with E-state index in [4.69, 9.17) is 0 Å². The average molecular weight is 356 g/mol. The third-order valence-electron chi connectivity index (χ3n) is 4.60. The van der Waals surface area contributed by atoms with Crippen LogP contribution in [0.25, 0.3) is 11.2 Å². The number of rotatable bonds is 4. The number of aryl methyl sites for hydroxylation is 1. The molecule has 3 rings (SSSR count). The van der Waals surface area contributed by atoms with Crippen molar-refractivity contribution in [2.24, 2.45) is 12.1 Å². The summed E-state index contributed by atoms with van der Waals surface area (Å²) < 4.78 is 4.52. The molecule has 0 amide bonds. The van der Waals surface area contributed by atoms with Gasteiger partial charge < -0.3 is 0 Å². The number of hydrogen-bond donors (Lipinski definition) is 0. The summed E-state index contributed by atoms with van der Waals surface area (Å²) in [6.45, 7) is 12.3. The lowest BCUT2D eigenvalue weighted by Gasteiger charge is -2.29. The van der Waals surface area contributed by atoms with Crippen LogP contribution in [-0.2, 0) is 13.6 Å². The van der Waals surface area contributed by atoms with Crippen LogP contribution in [0.2, 0.25) is 0 Å². The molecule has 0 spiro atoms. The Balaban J connectivity index is 2.38. The van der Waals surface area contributed by atoms with E-state index in [2.05, 4.69) is 16.7 Å². The monoisotopic (exact) mass is 356 g/mol. The Morgan fingerprint density at radius 2 is 2.04 bits per heavy atom. The summed E-state index contributed by atoms with van der Waals surface area (Å²) in [4.78, 5) is 30.3. The number of aromatic nitrogens is 4. The van der Waals surface area contributed by atoms with Gasteiger partial charge in [-0.05, 0) is 27.7 Å². The highest BCUT2D eigenvalue weighted by molar-refractivity contribution is 5.91. The van der Waals surface area contributed by atoms with Crippen molar-refractivity contribution in [3.05, 3.63) is 45.1 Å². The molecule has 0 saturated heterocycles. The fourth-order valence-corrected chi connectivity index (χ4v) is 3.12. The van der Waals surface area contributed by atoms with Crippen LogP contribution in [0.4, 0.5) is 5.95 Å². The molecule has 8 nitrogen and oxygen atoms in total. The number of nitrogens with zero attached hydrogens (tertiary/aromatic N) is 6.